The number of anilines is 1. The van der Waals surface area contributed by atoms with Gasteiger partial charge in [0.05, 0.1) is 11.6 Å². The second kappa shape index (κ2) is 5.26. The number of phenolic OH excluding ortho intramolecular Hbond substituents is 1. The van der Waals surface area contributed by atoms with Gasteiger partial charge in [-0.15, -0.1) is 0 Å². The number of rotatable bonds is 2. The van der Waals surface area contributed by atoms with E-state index in [2.05, 4.69) is 5.32 Å². The van der Waals surface area contributed by atoms with Crippen LogP contribution >= 0.6 is 0 Å². The molecule has 1 saturated carbocycles. The number of fused-ring (bicyclic) bond motifs is 3. The van der Waals surface area contributed by atoms with E-state index in [1.807, 2.05) is 0 Å². The molecule has 2 aromatic rings. The van der Waals surface area contributed by atoms with Gasteiger partial charge in [0, 0.05) is 17.7 Å². The minimum absolute atomic E-state index is 0.0576. The molecule has 2 heterocycles. The van der Waals surface area contributed by atoms with Crippen LogP contribution in [-0.2, 0) is 0 Å². The smallest absolute Gasteiger partial charge is 0.252 e. The third kappa shape index (κ3) is 2.23. The average molecular weight is 310 g/mol. The van der Waals surface area contributed by atoms with Gasteiger partial charge in [-0.3, -0.25) is 14.2 Å². The number of ketones is 1. The van der Waals surface area contributed by atoms with E-state index in [0.29, 0.717) is 16.9 Å². The van der Waals surface area contributed by atoms with Gasteiger partial charge < -0.3 is 10.4 Å². The van der Waals surface area contributed by atoms with Crippen molar-refractivity contribution in [2.45, 2.75) is 37.8 Å². The molecule has 5 heteroatoms. The predicted octanol–water partition coefficient (Wildman–Crippen LogP) is 2.69. The van der Waals surface area contributed by atoms with Gasteiger partial charge in [0.2, 0.25) is 0 Å². The molecular formula is C18H18N2O3. The molecule has 0 radical (unpaired) electrons. The molecule has 0 bridgehead atoms. The monoisotopic (exact) mass is 310 g/mol. The van der Waals surface area contributed by atoms with Gasteiger partial charge in [-0.05, 0) is 31.0 Å². The summed E-state index contributed by atoms with van der Waals surface area (Å²) in [6.45, 7) is 0. The van der Waals surface area contributed by atoms with Crippen LogP contribution in [-0.4, -0.2) is 21.5 Å². The molecule has 4 rings (SSSR count). The zero-order valence-electron chi connectivity index (χ0n) is 12.7. The number of nitrogens with zero attached hydrogens (tertiary/aromatic N) is 1. The van der Waals surface area contributed by atoms with E-state index in [0.717, 1.165) is 25.7 Å². The highest BCUT2D eigenvalue weighted by Gasteiger charge is 2.36. The molecule has 0 saturated heterocycles. The number of aromatic hydroxyl groups is 1. The van der Waals surface area contributed by atoms with Crippen molar-refractivity contribution in [1.82, 2.24) is 4.57 Å². The maximum atomic E-state index is 12.8. The first-order valence-electron chi connectivity index (χ1n) is 8.01. The summed E-state index contributed by atoms with van der Waals surface area (Å²) in [7, 11) is 0. The van der Waals surface area contributed by atoms with Crippen molar-refractivity contribution >= 4 is 11.6 Å². The highest BCUT2D eigenvalue weighted by Crippen LogP contribution is 2.38. The van der Waals surface area contributed by atoms with Crippen LogP contribution < -0.4 is 10.9 Å². The molecule has 1 aromatic heterocycles. The van der Waals surface area contributed by atoms with Gasteiger partial charge in [-0.2, -0.15) is 0 Å². The Kier molecular flexibility index (Phi) is 3.22. The SMILES string of the molecule is O=C(c1cccc(O)c1)c1ccc(=O)n2c1N[C@@H]1CCCC[C@H]12. The average Bonchev–Trinajstić information content (AvgIpc) is 2.95. The van der Waals surface area contributed by atoms with Crippen LogP contribution in [0.1, 0.15) is 47.6 Å². The Labute approximate surface area is 133 Å². The second-order valence-electron chi connectivity index (χ2n) is 6.29. The number of benzene rings is 1. The lowest BCUT2D eigenvalue weighted by molar-refractivity contribution is 0.103. The lowest BCUT2D eigenvalue weighted by Crippen LogP contribution is -2.29. The van der Waals surface area contributed by atoms with Crippen LogP contribution in [0.25, 0.3) is 0 Å². The van der Waals surface area contributed by atoms with Crippen LogP contribution in [0.3, 0.4) is 0 Å². The van der Waals surface area contributed by atoms with Gasteiger partial charge >= 0.3 is 0 Å². The zero-order chi connectivity index (χ0) is 16.0. The van der Waals surface area contributed by atoms with Crippen molar-refractivity contribution < 1.29 is 9.90 Å². The van der Waals surface area contributed by atoms with Crippen molar-refractivity contribution in [2.75, 3.05) is 5.32 Å². The summed E-state index contributed by atoms with van der Waals surface area (Å²) in [5.74, 6) is 0.501. The first kappa shape index (κ1) is 14.1. The molecule has 1 fully saturated rings. The Morgan fingerprint density at radius 1 is 1.17 bits per heavy atom. The molecular weight excluding hydrogens is 292 g/mol. The summed E-state index contributed by atoms with van der Waals surface area (Å²) in [5.41, 5.74) is 0.849. The van der Waals surface area contributed by atoms with Gasteiger partial charge in [0.1, 0.15) is 11.6 Å². The molecule has 1 aliphatic carbocycles. The number of carbonyl (C=O) groups is 1. The minimum atomic E-state index is -0.184. The van der Waals surface area contributed by atoms with E-state index in [1.54, 1.807) is 22.8 Å². The van der Waals surface area contributed by atoms with Crippen LogP contribution in [0.15, 0.2) is 41.2 Å². The quantitative estimate of drug-likeness (QED) is 0.837. The number of pyridine rings is 1. The molecule has 0 amide bonds. The highest BCUT2D eigenvalue weighted by atomic mass is 16.3. The van der Waals surface area contributed by atoms with Gasteiger partial charge in [-0.25, -0.2) is 0 Å². The van der Waals surface area contributed by atoms with Gasteiger partial charge in [0.25, 0.3) is 5.56 Å². The maximum Gasteiger partial charge on any atom is 0.252 e. The Bertz CT molecular complexity index is 840. The van der Waals surface area contributed by atoms with Crippen molar-refractivity contribution in [3.63, 3.8) is 0 Å². The van der Waals surface area contributed by atoms with Crippen molar-refractivity contribution in [1.29, 1.82) is 0 Å². The predicted molar refractivity (Wildman–Crippen MR) is 87.2 cm³/mol. The summed E-state index contributed by atoms with van der Waals surface area (Å²) >= 11 is 0. The van der Waals surface area contributed by atoms with Crippen molar-refractivity contribution in [3.05, 3.63) is 57.9 Å². The minimum Gasteiger partial charge on any atom is -0.508 e. The fraction of sp³-hybridized carbons (Fsp3) is 0.333. The molecule has 2 N–H and O–H groups in total. The Balaban J connectivity index is 1.81. The lowest BCUT2D eigenvalue weighted by Gasteiger charge is -2.25. The fourth-order valence-electron chi connectivity index (χ4n) is 3.78. The van der Waals surface area contributed by atoms with Gasteiger partial charge in [-0.1, -0.05) is 25.0 Å². The van der Waals surface area contributed by atoms with E-state index in [1.165, 1.54) is 18.2 Å². The van der Waals surface area contributed by atoms with E-state index in [-0.39, 0.29) is 29.2 Å². The van der Waals surface area contributed by atoms with Crippen LogP contribution in [0.5, 0.6) is 5.75 Å². The Morgan fingerprint density at radius 2 is 2.00 bits per heavy atom. The summed E-state index contributed by atoms with van der Waals surface area (Å²) in [6, 6.07) is 9.73. The summed E-state index contributed by atoms with van der Waals surface area (Å²) in [5, 5.41) is 13.0. The van der Waals surface area contributed by atoms with Crippen LogP contribution in [0.4, 0.5) is 5.82 Å². The Morgan fingerprint density at radius 3 is 2.83 bits per heavy atom. The second-order valence-corrected chi connectivity index (χ2v) is 6.29. The molecule has 1 aliphatic heterocycles. The molecule has 2 atom stereocenters. The van der Waals surface area contributed by atoms with E-state index in [4.69, 9.17) is 0 Å². The number of nitrogens with one attached hydrogen (secondary N) is 1. The normalized spacial score (nSPS) is 22.1. The zero-order valence-corrected chi connectivity index (χ0v) is 12.7. The van der Waals surface area contributed by atoms with E-state index >= 15 is 0 Å². The number of aromatic nitrogens is 1. The maximum absolute atomic E-state index is 12.8. The third-order valence-corrected chi connectivity index (χ3v) is 4.86. The summed E-state index contributed by atoms with van der Waals surface area (Å²) in [4.78, 5) is 25.1. The van der Waals surface area contributed by atoms with E-state index < -0.39 is 0 Å². The molecule has 0 spiro atoms. The summed E-state index contributed by atoms with van der Waals surface area (Å²) < 4.78 is 1.75. The fourth-order valence-corrected chi connectivity index (χ4v) is 3.78. The highest BCUT2D eigenvalue weighted by molar-refractivity contribution is 6.12. The van der Waals surface area contributed by atoms with Crippen LogP contribution in [0, 0.1) is 0 Å². The molecule has 23 heavy (non-hydrogen) atoms. The standard InChI is InChI=1S/C18H18N2O3/c21-12-5-3-4-11(10-12)17(23)13-8-9-16(22)20-15-7-2-1-6-14(15)19-18(13)20/h3-5,8-10,14-15,19,21H,1-2,6-7H2/t14-,15-/m1/s1. The molecule has 2 aliphatic rings. The number of phenols is 1. The topological polar surface area (TPSA) is 71.3 Å². The number of hydrogen-bond acceptors (Lipinski definition) is 4. The number of carbonyl (C=O) groups excluding carboxylic acids is 1. The largest absolute Gasteiger partial charge is 0.508 e. The van der Waals surface area contributed by atoms with Gasteiger partial charge in [0.15, 0.2) is 5.78 Å². The molecule has 5 nitrogen and oxygen atoms in total. The van der Waals surface area contributed by atoms with Crippen molar-refractivity contribution in [3.8, 4) is 5.75 Å². The lowest BCUT2D eigenvalue weighted by atomic mass is 9.91. The van der Waals surface area contributed by atoms with E-state index in [9.17, 15) is 14.7 Å². The number of hydrogen-bond donors (Lipinski definition) is 2. The first-order chi connectivity index (χ1) is 11.1. The first-order valence-corrected chi connectivity index (χ1v) is 8.01. The molecule has 1 aromatic carbocycles. The summed E-state index contributed by atoms with van der Waals surface area (Å²) in [6.07, 6.45) is 4.24. The molecule has 0 unspecified atom stereocenters. The Hall–Kier alpha value is -2.56. The van der Waals surface area contributed by atoms with Crippen LogP contribution in [0.2, 0.25) is 0 Å². The van der Waals surface area contributed by atoms with Crippen molar-refractivity contribution in [2.24, 2.45) is 0 Å². The third-order valence-electron chi connectivity index (χ3n) is 4.86. The molecule has 118 valence electrons.